The zero-order valence-corrected chi connectivity index (χ0v) is 10.7. The van der Waals surface area contributed by atoms with E-state index in [1.165, 1.54) is 0 Å². The zero-order valence-electron chi connectivity index (χ0n) is 10.7. The summed E-state index contributed by atoms with van der Waals surface area (Å²) < 4.78 is 1.95. The van der Waals surface area contributed by atoms with Gasteiger partial charge in [-0.05, 0) is 25.8 Å². The lowest BCUT2D eigenvalue weighted by molar-refractivity contribution is 0.0964. The summed E-state index contributed by atoms with van der Waals surface area (Å²) in [5, 5.41) is 0. The second-order valence-electron chi connectivity index (χ2n) is 4.32. The molecule has 0 radical (unpaired) electrons. The fraction of sp³-hybridized carbons (Fsp3) is 0.692. The second-order valence-corrected chi connectivity index (χ2v) is 4.32. The first-order chi connectivity index (χ1) is 8.29. The Kier molecular flexibility index (Phi) is 6.55. The molecule has 0 aliphatic carbocycles. The van der Waals surface area contributed by atoms with E-state index in [4.69, 9.17) is 5.73 Å². The van der Waals surface area contributed by atoms with Crippen LogP contribution in [0.2, 0.25) is 0 Å². The number of carbonyl (C=O) groups is 1. The minimum absolute atomic E-state index is 0.163. The van der Waals surface area contributed by atoms with Crippen LogP contribution in [0.5, 0.6) is 0 Å². The number of aryl methyl sites for hydroxylation is 1. The Morgan fingerprint density at radius 2 is 2.12 bits per heavy atom. The van der Waals surface area contributed by atoms with E-state index in [1.807, 2.05) is 10.8 Å². The van der Waals surface area contributed by atoms with Gasteiger partial charge in [-0.3, -0.25) is 4.79 Å². The van der Waals surface area contributed by atoms with Crippen LogP contribution in [0.1, 0.15) is 56.1 Å². The Morgan fingerprint density at radius 1 is 1.35 bits per heavy atom. The van der Waals surface area contributed by atoms with Crippen molar-refractivity contribution in [1.82, 2.24) is 9.55 Å². The van der Waals surface area contributed by atoms with Crippen LogP contribution in [0.15, 0.2) is 12.4 Å². The Balaban J connectivity index is 2.33. The van der Waals surface area contributed by atoms with E-state index < -0.39 is 0 Å². The quantitative estimate of drug-likeness (QED) is 0.530. The average Bonchev–Trinajstić information content (AvgIpc) is 2.77. The minimum atomic E-state index is 0.163. The fourth-order valence-corrected chi connectivity index (χ4v) is 1.88. The lowest BCUT2D eigenvalue weighted by atomic mass is 10.1. The van der Waals surface area contributed by atoms with Gasteiger partial charge in [0.2, 0.25) is 0 Å². The van der Waals surface area contributed by atoms with Gasteiger partial charge >= 0.3 is 0 Å². The van der Waals surface area contributed by atoms with Crippen molar-refractivity contribution in [3.63, 3.8) is 0 Å². The lowest BCUT2D eigenvalue weighted by Gasteiger charge is -2.05. The minimum Gasteiger partial charge on any atom is -0.330 e. The highest BCUT2D eigenvalue weighted by atomic mass is 16.1. The standard InChI is InChI=1S/C13H23N3O/c1-2-10-16-11-9-15-13(16)12(17)7-5-3-4-6-8-14/h9,11H,2-8,10,14H2,1H3. The Bertz CT molecular complexity index is 333. The van der Waals surface area contributed by atoms with Crippen molar-refractivity contribution in [2.75, 3.05) is 6.54 Å². The molecule has 96 valence electrons. The Hall–Kier alpha value is -1.16. The predicted octanol–water partition coefficient (Wildman–Crippen LogP) is 2.39. The maximum Gasteiger partial charge on any atom is 0.198 e. The van der Waals surface area contributed by atoms with E-state index in [0.29, 0.717) is 12.2 Å². The summed E-state index contributed by atoms with van der Waals surface area (Å²) in [5.74, 6) is 0.780. The van der Waals surface area contributed by atoms with Crippen molar-refractivity contribution in [1.29, 1.82) is 0 Å². The third-order valence-corrected chi connectivity index (χ3v) is 2.79. The Labute approximate surface area is 103 Å². The molecule has 0 saturated heterocycles. The number of ketones is 1. The summed E-state index contributed by atoms with van der Waals surface area (Å²) in [6.07, 6.45) is 9.40. The van der Waals surface area contributed by atoms with Gasteiger partial charge in [0.25, 0.3) is 0 Å². The van der Waals surface area contributed by atoms with Crippen molar-refractivity contribution in [3.8, 4) is 0 Å². The van der Waals surface area contributed by atoms with E-state index in [0.717, 1.165) is 45.2 Å². The van der Waals surface area contributed by atoms with Gasteiger partial charge in [0.1, 0.15) is 0 Å². The highest BCUT2D eigenvalue weighted by Crippen LogP contribution is 2.08. The molecule has 0 aliphatic heterocycles. The number of imidazole rings is 1. The van der Waals surface area contributed by atoms with Crippen molar-refractivity contribution in [2.24, 2.45) is 5.73 Å². The van der Waals surface area contributed by atoms with E-state index in [1.54, 1.807) is 6.20 Å². The molecule has 0 unspecified atom stereocenters. The summed E-state index contributed by atoms with van der Waals surface area (Å²) in [6, 6.07) is 0. The molecular weight excluding hydrogens is 214 g/mol. The van der Waals surface area contributed by atoms with Crippen LogP contribution in [-0.4, -0.2) is 21.9 Å². The number of aromatic nitrogens is 2. The van der Waals surface area contributed by atoms with Crippen LogP contribution in [0.3, 0.4) is 0 Å². The number of Topliss-reactive ketones (excluding diaryl/α,β-unsaturated/α-hetero) is 1. The maximum absolute atomic E-state index is 11.9. The predicted molar refractivity (Wildman–Crippen MR) is 69.0 cm³/mol. The number of nitrogens with two attached hydrogens (primary N) is 1. The van der Waals surface area contributed by atoms with Gasteiger partial charge in [-0.1, -0.05) is 19.8 Å². The zero-order chi connectivity index (χ0) is 12.5. The molecule has 4 heteroatoms. The first-order valence-electron chi connectivity index (χ1n) is 6.54. The molecule has 1 aromatic heterocycles. The molecule has 4 nitrogen and oxygen atoms in total. The van der Waals surface area contributed by atoms with E-state index in [9.17, 15) is 4.79 Å². The van der Waals surface area contributed by atoms with Gasteiger partial charge < -0.3 is 10.3 Å². The molecule has 1 heterocycles. The Morgan fingerprint density at radius 3 is 2.82 bits per heavy atom. The van der Waals surface area contributed by atoms with Crippen molar-refractivity contribution < 1.29 is 4.79 Å². The topological polar surface area (TPSA) is 60.9 Å². The summed E-state index contributed by atoms with van der Waals surface area (Å²) in [4.78, 5) is 16.1. The SMILES string of the molecule is CCCn1ccnc1C(=O)CCCCCCN. The molecule has 0 spiro atoms. The fourth-order valence-electron chi connectivity index (χ4n) is 1.88. The van der Waals surface area contributed by atoms with Gasteiger partial charge in [-0.15, -0.1) is 0 Å². The molecule has 0 aliphatic rings. The van der Waals surface area contributed by atoms with Crippen LogP contribution in [0, 0.1) is 0 Å². The van der Waals surface area contributed by atoms with Crippen molar-refractivity contribution >= 4 is 5.78 Å². The molecule has 2 N–H and O–H groups in total. The third-order valence-electron chi connectivity index (χ3n) is 2.79. The van der Waals surface area contributed by atoms with Gasteiger partial charge in [0.05, 0.1) is 0 Å². The molecule has 0 atom stereocenters. The first kappa shape index (κ1) is 13.9. The maximum atomic E-state index is 11.9. The smallest absolute Gasteiger partial charge is 0.198 e. The molecule has 0 amide bonds. The van der Waals surface area contributed by atoms with Crippen molar-refractivity contribution in [2.45, 2.75) is 52.0 Å². The number of rotatable bonds is 9. The molecule has 0 bridgehead atoms. The molecular formula is C13H23N3O. The van der Waals surface area contributed by atoms with E-state index in [2.05, 4.69) is 11.9 Å². The number of nitrogens with zero attached hydrogens (tertiary/aromatic N) is 2. The van der Waals surface area contributed by atoms with Crippen LogP contribution < -0.4 is 5.73 Å². The van der Waals surface area contributed by atoms with Crippen LogP contribution in [0.4, 0.5) is 0 Å². The number of hydrogen-bond acceptors (Lipinski definition) is 3. The van der Waals surface area contributed by atoms with E-state index in [-0.39, 0.29) is 5.78 Å². The summed E-state index contributed by atoms with van der Waals surface area (Å²) in [5.41, 5.74) is 5.42. The third kappa shape index (κ3) is 4.69. The number of hydrogen-bond donors (Lipinski definition) is 1. The summed E-state index contributed by atoms with van der Waals surface area (Å²) in [7, 11) is 0. The van der Waals surface area contributed by atoms with Gasteiger partial charge in [-0.25, -0.2) is 4.98 Å². The van der Waals surface area contributed by atoms with E-state index >= 15 is 0 Å². The average molecular weight is 237 g/mol. The van der Waals surface area contributed by atoms with Gasteiger partial charge in [0, 0.05) is 25.4 Å². The van der Waals surface area contributed by atoms with Crippen molar-refractivity contribution in [3.05, 3.63) is 18.2 Å². The van der Waals surface area contributed by atoms with Crippen LogP contribution in [0.25, 0.3) is 0 Å². The highest BCUT2D eigenvalue weighted by Gasteiger charge is 2.11. The molecule has 1 aromatic rings. The highest BCUT2D eigenvalue weighted by molar-refractivity contribution is 5.92. The monoisotopic (exact) mass is 237 g/mol. The van der Waals surface area contributed by atoms with Crippen LogP contribution >= 0.6 is 0 Å². The summed E-state index contributed by atoms with van der Waals surface area (Å²) >= 11 is 0. The molecule has 0 saturated carbocycles. The van der Waals surface area contributed by atoms with Gasteiger partial charge in [0.15, 0.2) is 11.6 Å². The number of unbranched alkanes of at least 4 members (excludes halogenated alkanes) is 3. The normalized spacial score (nSPS) is 10.7. The number of carbonyl (C=O) groups excluding carboxylic acids is 1. The van der Waals surface area contributed by atoms with Gasteiger partial charge in [-0.2, -0.15) is 0 Å². The molecule has 0 aromatic carbocycles. The molecule has 0 fully saturated rings. The lowest BCUT2D eigenvalue weighted by Crippen LogP contribution is -2.10. The second kappa shape index (κ2) is 8.01. The first-order valence-corrected chi connectivity index (χ1v) is 6.54. The molecule has 17 heavy (non-hydrogen) atoms. The van der Waals surface area contributed by atoms with Crippen LogP contribution in [-0.2, 0) is 6.54 Å². The summed E-state index contributed by atoms with van der Waals surface area (Å²) in [6.45, 7) is 3.71. The molecule has 1 rings (SSSR count). The largest absolute Gasteiger partial charge is 0.330 e.